The van der Waals surface area contributed by atoms with Gasteiger partial charge in [-0.15, -0.1) is 0 Å². The second-order valence-electron chi connectivity index (χ2n) is 22.3. The fourth-order valence-corrected chi connectivity index (χ4v) is 11.2. The predicted molar refractivity (Wildman–Crippen MR) is 263 cm³/mol. The van der Waals surface area contributed by atoms with Crippen molar-refractivity contribution in [3.05, 3.63) is 0 Å². The van der Waals surface area contributed by atoms with Crippen LogP contribution in [-0.2, 0) is 71.1 Å². The van der Waals surface area contributed by atoms with Gasteiger partial charge in [0.15, 0.2) is 44.0 Å². The van der Waals surface area contributed by atoms with Crippen LogP contribution in [0.5, 0.6) is 0 Å². The number of aliphatic hydroxyl groups excluding tert-OH is 25. The van der Waals surface area contributed by atoms with Crippen molar-refractivity contribution in [2.75, 3.05) is 59.5 Å². The molecule has 8 heterocycles. The van der Waals surface area contributed by atoms with Crippen molar-refractivity contribution in [3.8, 4) is 0 Å². The molecule has 0 aromatic heterocycles. The molecular weight excluding hydrogens is 1220 g/mol. The summed E-state index contributed by atoms with van der Waals surface area (Å²) >= 11 is 0. The Morgan fingerprint density at radius 2 is 0.409 bits per heavy atom. The Hall–Kier alpha value is -1.60. The zero-order chi connectivity index (χ0) is 64.5. The summed E-state index contributed by atoms with van der Waals surface area (Å²) in [6.07, 6.45) is -74.7. The van der Waals surface area contributed by atoms with Gasteiger partial charge in [0.05, 0.1) is 59.5 Å². The zero-order valence-corrected chi connectivity index (χ0v) is 46.2. The monoisotopic (exact) mass is 1300 g/mol. The summed E-state index contributed by atoms with van der Waals surface area (Å²) in [5, 5.41) is 266. The predicted octanol–water partition coefficient (Wildman–Crippen LogP) is -17.8. The molecule has 40 heteroatoms. The molecule has 0 aromatic carbocycles. The highest BCUT2D eigenvalue weighted by molar-refractivity contribution is 5.00. The van der Waals surface area contributed by atoms with E-state index in [9.17, 15) is 128 Å². The van der Waals surface area contributed by atoms with E-state index in [-0.39, 0.29) is 0 Å². The Balaban J connectivity index is 0.966. The summed E-state index contributed by atoms with van der Waals surface area (Å²) < 4.78 is 85.4. The lowest BCUT2D eigenvalue weighted by Gasteiger charge is -2.48. The van der Waals surface area contributed by atoms with Crippen molar-refractivity contribution in [1.82, 2.24) is 0 Å². The molecule has 0 saturated carbocycles. The van der Waals surface area contributed by atoms with Crippen molar-refractivity contribution in [1.29, 1.82) is 0 Å². The largest absolute Gasteiger partial charge is 0.394 e. The van der Waals surface area contributed by atoms with Gasteiger partial charge in [0.2, 0.25) is 0 Å². The summed E-state index contributed by atoms with van der Waals surface area (Å²) in [6.45, 7) is -8.29. The molecule has 0 radical (unpaired) electrons. The van der Waals surface area contributed by atoms with Crippen LogP contribution in [0.3, 0.4) is 0 Å². The minimum Gasteiger partial charge on any atom is -0.394 e. The first kappa shape index (κ1) is 72.2. The van der Waals surface area contributed by atoms with Crippen LogP contribution in [0.15, 0.2) is 0 Å². The standard InChI is InChI=1S/C48H82O40/c49-1-10-19(55)27(63)35(71)43(78-10)86-39-31(67)22(58)13(4-52)81-46(39)75-7-16-24(60)30(66)34(70)42(83-16)74-9-18-26(62)38(15(6-54)77-18)85-48-41(88-45-37(73)29(65)21(57)12(3-51)80-45)33(69)25(61)17(84-48)8-76-47-40(32(68)23(59)14(5-53)82-47)87-44-36(72)28(64)20(56)11(2-50)79-44/h10-73H,1-9H2/t10-,11-,12-,13-,14-,15-,16-,17-,18-,19-,20+,21+,22-,23+,24-,25+,26-,27+,28+,29+,30+,31+,32+,33+,34+,35+,36-,37-,38-,39+,40-,41-,42+,43-,44-,45-,46+,47+,48-/m1/s1. The van der Waals surface area contributed by atoms with Gasteiger partial charge >= 0.3 is 0 Å². The van der Waals surface area contributed by atoms with Crippen LogP contribution in [0.2, 0.25) is 0 Å². The zero-order valence-electron chi connectivity index (χ0n) is 46.2. The number of aliphatic hydroxyl groups is 25. The molecular formula is C48H82O40. The summed E-state index contributed by atoms with van der Waals surface area (Å²) in [6, 6.07) is 0. The lowest BCUT2D eigenvalue weighted by molar-refractivity contribution is -0.385. The van der Waals surface area contributed by atoms with Gasteiger partial charge in [-0.1, -0.05) is 0 Å². The van der Waals surface area contributed by atoms with Crippen LogP contribution in [0.4, 0.5) is 0 Å². The SMILES string of the molecule is OC[C@H]1O[C@H](O[C@H]2[C@@H](OC[C@H]3O[C@H](O[C@H]4[C@H](O)[C@@H](CO[C@H]5O[C@H](CO[C@H]6O[C@H](CO)[C@@H](O)[C@H](O)[C@@H]6O[C@H]6O[C@H](CO)[C@@H](O)[C@H](O)[C@@H]6O)[C@@H](O)[C@H](O)[C@@H]5O)O[C@@H]4CO)[C@H](O[C@H]4O[C@H](CO)[C@H](O)[C@H](O)[C@H]4O)[C@@H](O)[C@H]3O)O[C@H](CO)[C@H](O)[C@@H]2O)[C@H](O)[C@@H](O)[C@H]1O. The second-order valence-corrected chi connectivity index (χ2v) is 22.3. The molecule has 25 N–H and O–H groups in total. The topological polar surface area (TPSA) is 644 Å². The molecule has 514 valence electrons. The van der Waals surface area contributed by atoms with Crippen molar-refractivity contribution in [2.24, 2.45) is 0 Å². The fourth-order valence-electron chi connectivity index (χ4n) is 11.2. The third-order valence-electron chi connectivity index (χ3n) is 16.6. The number of hydrogen-bond acceptors (Lipinski definition) is 40. The summed E-state index contributed by atoms with van der Waals surface area (Å²) in [5.41, 5.74) is 0. The molecule has 0 unspecified atom stereocenters. The van der Waals surface area contributed by atoms with E-state index in [4.69, 9.17) is 71.1 Å². The van der Waals surface area contributed by atoms with E-state index in [1.54, 1.807) is 0 Å². The maximum atomic E-state index is 11.8. The quantitative estimate of drug-likeness (QED) is 0.0452. The fraction of sp³-hybridized carbons (Fsp3) is 1.00. The third kappa shape index (κ3) is 15.1. The Morgan fingerprint density at radius 1 is 0.182 bits per heavy atom. The van der Waals surface area contributed by atoms with Crippen molar-refractivity contribution >= 4 is 0 Å². The first-order valence-corrected chi connectivity index (χ1v) is 28.0. The lowest BCUT2D eigenvalue weighted by Crippen LogP contribution is -2.66. The molecule has 0 aromatic rings. The van der Waals surface area contributed by atoms with Gasteiger partial charge in [0, 0.05) is 0 Å². The highest BCUT2D eigenvalue weighted by atomic mass is 16.8. The van der Waals surface area contributed by atoms with Crippen LogP contribution < -0.4 is 0 Å². The molecule has 8 saturated heterocycles. The average molecular weight is 1300 g/mol. The van der Waals surface area contributed by atoms with Gasteiger partial charge < -0.3 is 199 Å². The number of ether oxygens (including phenoxy) is 15. The third-order valence-corrected chi connectivity index (χ3v) is 16.6. The normalized spacial score (nSPS) is 53.1. The van der Waals surface area contributed by atoms with Crippen molar-refractivity contribution < 1.29 is 199 Å². The minimum atomic E-state index is -2.26. The average Bonchev–Trinajstić information content (AvgIpc) is 3.42. The Bertz CT molecular complexity index is 2090. The molecule has 8 rings (SSSR count). The lowest BCUT2D eigenvalue weighted by atomic mass is 9.96. The van der Waals surface area contributed by atoms with E-state index < -0.39 is 299 Å². The molecule has 0 spiro atoms. The van der Waals surface area contributed by atoms with E-state index >= 15 is 0 Å². The smallest absolute Gasteiger partial charge is 0.187 e. The summed E-state index contributed by atoms with van der Waals surface area (Å²) in [4.78, 5) is 0. The van der Waals surface area contributed by atoms with Crippen LogP contribution >= 0.6 is 0 Å². The Kier molecular flexibility index (Phi) is 25.7. The van der Waals surface area contributed by atoms with Gasteiger partial charge in [-0.25, -0.2) is 0 Å². The highest BCUT2D eigenvalue weighted by Gasteiger charge is 2.58. The number of hydrogen-bond donors (Lipinski definition) is 25. The van der Waals surface area contributed by atoms with Crippen molar-refractivity contribution in [2.45, 2.75) is 239 Å². The molecule has 8 fully saturated rings. The van der Waals surface area contributed by atoms with E-state index in [1.807, 2.05) is 0 Å². The maximum absolute atomic E-state index is 11.8. The first-order valence-electron chi connectivity index (χ1n) is 28.0. The molecule has 88 heavy (non-hydrogen) atoms. The first-order chi connectivity index (χ1) is 41.7. The van der Waals surface area contributed by atoms with Crippen molar-refractivity contribution in [3.63, 3.8) is 0 Å². The van der Waals surface area contributed by atoms with Gasteiger partial charge in [-0.2, -0.15) is 0 Å². The Labute approximate surface area is 496 Å². The van der Waals surface area contributed by atoms with E-state index in [1.165, 1.54) is 0 Å². The van der Waals surface area contributed by atoms with Crippen LogP contribution in [0.1, 0.15) is 0 Å². The molecule has 0 bridgehead atoms. The molecule has 0 aliphatic carbocycles. The van der Waals surface area contributed by atoms with Crippen LogP contribution in [0.25, 0.3) is 0 Å². The van der Waals surface area contributed by atoms with Crippen LogP contribution in [-0.4, -0.2) is 426 Å². The summed E-state index contributed by atoms with van der Waals surface area (Å²) in [5.74, 6) is 0. The van der Waals surface area contributed by atoms with Crippen LogP contribution in [0, 0.1) is 0 Å². The van der Waals surface area contributed by atoms with E-state index in [2.05, 4.69) is 0 Å². The molecule has 40 nitrogen and oxygen atoms in total. The van der Waals surface area contributed by atoms with E-state index in [0.717, 1.165) is 0 Å². The minimum absolute atomic E-state index is 0.837. The maximum Gasteiger partial charge on any atom is 0.187 e. The Morgan fingerprint density at radius 3 is 0.750 bits per heavy atom. The van der Waals surface area contributed by atoms with Gasteiger partial charge in [0.1, 0.15) is 195 Å². The number of rotatable bonds is 23. The molecule has 39 atom stereocenters. The van der Waals surface area contributed by atoms with Gasteiger partial charge in [-0.3, -0.25) is 0 Å². The molecule has 8 aliphatic heterocycles. The van der Waals surface area contributed by atoms with Gasteiger partial charge in [-0.05, 0) is 0 Å². The molecule has 8 aliphatic rings. The highest BCUT2D eigenvalue weighted by Crippen LogP contribution is 2.37. The van der Waals surface area contributed by atoms with E-state index in [0.29, 0.717) is 0 Å². The van der Waals surface area contributed by atoms with Gasteiger partial charge in [0.25, 0.3) is 0 Å². The molecule has 0 amide bonds. The summed E-state index contributed by atoms with van der Waals surface area (Å²) in [7, 11) is 0. The second kappa shape index (κ2) is 31.3.